The quantitative estimate of drug-likeness (QED) is 0.561. The molecule has 0 aliphatic heterocycles. The van der Waals surface area contributed by atoms with Crippen LogP contribution in [0.15, 0.2) is 18.3 Å². The standard InChI is InChI=1S/C19H22N2O6/c1-11-7-15(12(2)21(11)6-5-18(24)26-4)17(23)10-27-19(25)16-8-14(9-20-16)13(3)22/h7-9,20H,5-6,10H2,1-4H3. The van der Waals surface area contributed by atoms with Gasteiger partial charge in [-0.1, -0.05) is 0 Å². The maximum atomic E-state index is 12.4. The Hall–Kier alpha value is -3.16. The first-order valence-electron chi connectivity index (χ1n) is 8.37. The molecule has 0 atom stereocenters. The maximum absolute atomic E-state index is 12.4. The second-order valence-electron chi connectivity index (χ2n) is 6.12. The van der Waals surface area contributed by atoms with Gasteiger partial charge in [-0.3, -0.25) is 14.4 Å². The fourth-order valence-corrected chi connectivity index (χ4v) is 2.73. The summed E-state index contributed by atoms with van der Waals surface area (Å²) in [4.78, 5) is 49.7. The lowest BCUT2D eigenvalue weighted by atomic mass is 10.1. The first-order chi connectivity index (χ1) is 12.7. The van der Waals surface area contributed by atoms with E-state index in [1.54, 1.807) is 13.0 Å². The molecule has 0 saturated heterocycles. The largest absolute Gasteiger partial charge is 0.469 e. The minimum Gasteiger partial charge on any atom is -0.469 e. The number of hydrogen-bond acceptors (Lipinski definition) is 6. The molecule has 8 nitrogen and oxygen atoms in total. The van der Waals surface area contributed by atoms with E-state index in [0.717, 1.165) is 5.69 Å². The summed E-state index contributed by atoms with van der Waals surface area (Å²) >= 11 is 0. The molecule has 0 spiro atoms. The van der Waals surface area contributed by atoms with E-state index >= 15 is 0 Å². The van der Waals surface area contributed by atoms with E-state index in [1.165, 1.54) is 26.3 Å². The maximum Gasteiger partial charge on any atom is 0.355 e. The number of carbonyl (C=O) groups is 4. The van der Waals surface area contributed by atoms with Gasteiger partial charge in [-0.2, -0.15) is 0 Å². The van der Waals surface area contributed by atoms with Crippen molar-refractivity contribution in [3.63, 3.8) is 0 Å². The van der Waals surface area contributed by atoms with Crippen molar-refractivity contribution in [1.29, 1.82) is 0 Å². The molecular weight excluding hydrogens is 352 g/mol. The second kappa shape index (κ2) is 8.48. The summed E-state index contributed by atoms with van der Waals surface area (Å²) < 4.78 is 11.5. The third kappa shape index (κ3) is 4.72. The molecule has 1 N–H and O–H groups in total. The summed E-state index contributed by atoms with van der Waals surface area (Å²) in [6.45, 7) is 4.96. The summed E-state index contributed by atoms with van der Waals surface area (Å²) in [6.07, 6.45) is 1.61. The van der Waals surface area contributed by atoms with Crippen molar-refractivity contribution in [3.8, 4) is 0 Å². The third-order valence-corrected chi connectivity index (χ3v) is 4.29. The molecule has 0 radical (unpaired) electrons. The summed E-state index contributed by atoms with van der Waals surface area (Å²) in [5, 5.41) is 0. The minimum atomic E-state index is -0.713. The third-order valence-electron chi connectivity index (χ3n) is 4.29. The number of hydrogen-bond donors (Lipinski definition) is 1. The van der Waals surface area contributed by atoms with E-state index in [9.17, 15) is 19.2 Å². The van der Waals surface area contributed by atoms with Crippen molar-refractivity contribution in [2.75, 3.05) is 13.7 Å². The minimum absolute atomic E-state index is 0.108. The van der Waals surface area contributed by atoms with Crippen molar-refractivity contribution in [1.82, 2.24) is 9.55 Å². The van der Waals surface area contributed by atoms with Gasteiger partial charge >= 0.3 is 11.9 Å². The Balaban J connectivity index is 2.02. The normalized spacial score (nSPS) is 10.5. The average Bonchev–Trinajstić information content (AvgIpc) is 3.23. The van der Waals surface area contributed by atoms with Crippen LogP contribution in [0.2, 0.25) is 0 Å². The topological polar surface area (TPSA) is 107 Å². The van der Waals surface area contributed by atoms with Crippen molar-refractivity contribution in [2.45, 2.75) is 33.7 Å². The summed E-state index contributed by atoms with van der Waals surface area (Å²) in [5.74, 6) is -1.57. The van der Waals surface area contributed by atoms with E-state index < -0.39 is 12.6 Å². The van der Waals surface area contributed by atoms with Gasteiger partial charge in [0.05, 0.1) is 13.5 Å². The van der Waals surface area contributed by atoms with Crippen LogP contribution in [-0.2, 0) is 20.8 Å². The highest BCUT2D eigenvalue weighted by molar-refractivity contribution is 6.01. The smallest absolute Gasteiger partial charge is 0.355 e. The zero-order valence-corrected chi connectivity index (χ0v) is 15.8. The fourth-order valence-electron chi connectivity index (χ4n) is 2.73. The lowest BCUT2D eigenvalue weighted by Crippen LogP contribution is -2.15. The van der Waals surface area contributed by atoms with Crippen LogP contribution in [0, 0.1) is 13.8 Å². The lowest BCUT2D eigenvalue weighted by molar-refractivity contribution is -0.140. The molecule has 144 valence electrons. The van der Waals surface area contributed by atoms with E-state index in [1.807, 2.05) is 11.5 Å². The van der Waals surface area contributed by atoms with Crippen molar-refractivity contribution >= 4 is 23.5 Å². The monoisotopic (exact) mass is 374 g/mol. The molecular formula is C19H22N2O6. The van der Waals surface area contributed by atoms with Crippen LogP contribution in [0.5, 0.6) is 0 Å². The van der Waals surface area contributed by atoms with E-state index in [0.29, 0.717) is 23.4 Å². The van der Waals surface area contributed by atoms with E-state index in [-0.39, 0.29) is 29.7 Å². The Morgan fingerprint density at radius 1 is 1.15 bits per heavy atom. The summed E-state index contributed by atoms with van der Waals surface area (Å²) in [7, 11) is 1.32. The predicted molar refractivity (Wildman–Crippen MR) is 95.9 cm³/mol. The van der Waals surface area contributed by atoms with Gasteiger partial charge in [-0.25, -0.2) is 4.79 Å². The number of carbonyl (C=O) groups excluding carboxylic acids is 4. The van der Waals surface area contributed by atoms with Gasteiger partial charge in [0.15, 0.2) is 12.4 Å². The molecule has 0 amide bonds. The zero-order valence-electron chi connectivity index (χ0n) is 15.8. The number of aromatic amines is 1. The van der Waals surface area contributed by atoms with Crippen LogP contribution in [0.25, 0.3) is 0 Å². The predicted octanol–water partition coefficient (Wildman–Crippen LogP) is 2.24. The zero-order chi connectivity index (χ0) is 20.1. The van der Waals surface area contributed by atoms with Gasteiger partial charge in [0.1, 0.15) is 5.69 Å². The molecule has 2 aromatic rings. The number of aryl methyl sites for hydroxylation is 1. The molecule has 0 fully saturated rings. The van der Waals surface area contributed by atoms with Crippen molar-refractivity contribution < 1.29 is 28.7 Å². The first-order valence-corrected chi connectivity index (χ1v) is 8.37. The number of methoxy groups -OCH3 is 1. The molecule has 0 aliphatic carbocycles. The molecule has 8 heteroatoms. The second-order valence-corrected chi connectivity index (χ2v) is 6.12. The summed E-state index contributed by atoms with van der Waals surface area (Å²) in [5.41, 5.74) is 2.41. The Labute approximate surface area is 156 Å². The molecule has 0 saturated carbocycles. The number of nitrogens with one attached hydrogen (secondary N) is 1. The molecule has 0 aromatic carbocycles. The van der Waals surface area contributed by atoms with Gasteiger partial charge in [0, 0.05) is 35.3 Å². The van der Waals surface area contributed by atoms with Crippen LogP contribution < -0.4 is 0 Å². The number of H-pyrrole nitrogens is 1. The highest BCUT2D eigenvalue weighted by Crippen LogP contribution is 2.17. The molecule has 2 heterocycles. The molecule has 27 heavy (non-hydrogen) atoms. The number of rotatable bonds is 8. The van der Waals surface area contributed by atoms with Crippen LogP contribution in [-0.4, -0.2) is 46.8 Å². The number of aromatic nitrogens is 2. The molecule has 0 bridgehead atoms. The van der Waals surface area contributed by atoms with Crippen LogP contribution in [0.1, 0.15) is 55.9 Å². The first kappa shape index (κ1) is 20.2. The Bertz CT molecular complexity index is 890. The van der Waals surface area contributed by atoms with Crippen molar-refractivity contribution in [3.05, 3.63) is 46.5 Å². The van der Waals surface area contributed by atoms with Gasteiger partial charge in [0.2, 0.25) is 5.78 Å². The Kier molecular flexibility index (Phi) is 6.33. The van der Waals surface area contributed by atoms with Crippen molar-refractivity contribution in [2.24, 2.45) is 0 Å². The van der Waals surface area contributed by atoms with Gasteiger partial charge < -0.3 is 19.0 Å². The number of Topliss-reactive ketones (excluding diaryl/α,β-unsaturated/α-hetero) is 2. The SMILES string of the molecule is COC(=O)CCn1c(C)cc(C(=O)COC(=O)c2cc(C(C)=O)c[nH]2)c1C. The highest BCUT2D eigenvalue weighted by Gasteiger charge is 2.19. The molecule has 2 aromatic heterocycles. The highest BCUT2D eigenvalue weighted by atomic mass is 16.5. The van der Waals surface area contributed by atoms with Gasteiger partial charge in [0.25, 0.3) is 0 Å². The van der Waals surface area contributed by atoms with Crippen LogP contribution in [0.3, 0.4) is 0 Å². The number of ketones is 2. The lowest BCUT2D eigenvalue weighted by Gasteiger charge is -2.09. The van der Waals surface area contributed by atoms with E-state index in [2.05, 4.69) is 9.72 Å². The van der Waals surface area contributed by atoms with Crippen LogP contribution >= 0.6 is 0 Å². The average molecular weight is 374 g/mol. The number of nitrogens with zero attached hydrogens (tertiary/aromatic N) is 1. The molecule has 0 aliphatic rings. The number of esters is 2. The molecule has 2 rings (SSSR count). The molecule has 0 unspecified atom stereocenters. The Morgan fingerprint density at radius 3 is 2.44 bits per heavy atom. The van der Waals surface area contributed by atoms with Gasteiger partial charge in [-0.15, -0.1) is 0 Å². The van der Waals surface area contributed by atoms with Crippen LogP contribution in [0.4, 0.5) is 0 Å². The number of ether oxygens (including phenoxy) is 2. The summed E-state index contributed by atoms with van der Waals surface area (Å²) in [6, 6.07) is 3.08. The fraction of sp³-hybridized carbons (Fsp3) is 0.368. The van der Waals surface area contributed by atoms with E-state index in [4.69, 9.17) is 4.74 Å². The Morgan fingerprint density at radius 2 is 1.85 bits per heavy atom. The van der Waals surface area contributed by atoms with Gasteiger partial charge in [-0.05, 0) is 32.9 Å².